The van der Waals surface area contributed by atoms with E-state index < -0.39 is 11.5 Å². The second kappa shape index (κ2) is 6.91. The summed E-state index contributed by atoms with van der Waals surface area (Å²) >= 11 is 0. The molecule has 0 bridgehead atoms. The van der Waals surface area contributed by atoms with Gasteiger partial charge in [-0.05, 0) is 24.3 Å². The van der Waals surface area contributed by atoms with E-state index in [0.29, 0.717) is 18.1 Å². The standard InChI is InChI=1S/C16H17NO5/c1-21-10-9-17-13(8-7-12(15(17)18)16(19)20)11-5-3-4-6-14(11)22-2/h3-8H,9-10H2,1-2H3,(H,19,20). The van der Waals surface area contributed by atoms with Crippen LogP contribution < -0.4 is 10.3 Å². The van der Waals surface area contributed by atoms with Gasteiger partial charge in [-0.25, -0.2) is 4.79 Å². The Hall–Kier alpha value is -2.60. The molecule has 0 radical (unpaired) electrons. The zero-order valence-corrected chi connectivity index (χ0v) is 12.4. The topological polar surface area (TPSA) is 77.8 Å². The van der Waals surface area contributed by atoms with Gasteiger partial charge in [0.25, 0.3) is 5.56 Å². The van der Waals surface area contributed by atoms with Crippen LogP contribution in [0.25, 0.3) is 11.3 Å². The van der Waals surface area contributed by atoms with Gasteiger partial charge in [-0.3, -0.25) is 4.79 Å². The van der Waals surface area contributed by atoms with Crippen LogP contribution >= 0.6 is 0 Å². The van der Waals surface area contributed by atoms with E-state index in [1.54, 1.807) is 19.2 Å². The lowest BCUT2D eigenvalue weighted by atomic mass is 10.1. The van der Waals surface area contributed by atoms with Crippen molar-refractivity contribution < 1.29 is 19.4 Å². The van der Waals surface area contributed by atoms with Gasteiger partial charge in [-0.2, -0.15) is 0 Å². The zero-order chi connectivity index (χ0) is 16.1. The van der Waals surface area contributed by atoms with Crippen molar-refractivity contribution in [2.75, 3.05) is 20.8 Å². The highest BCUT2D eigenvalue weighted by Crippen LogP contribution is 2.28. The van der Waals surface area contributed by atoms with Crippen molar-refractivity contribution in [3.05, 3.63) is 52.3 Å². The minimum Gasteiger partial charge on any atom is -0.496 e. The van der Waals surface area contributed by atoms with Gasteiger partial charge < -0.3 is 19.1 Å². The highest BCUT2D eigenvalue weighted by Gasteiger charge is 2.16. The molecule has 0 saturated carbocycles. The summed E-state index contributed by atoms with van der Waals surface area (Å²) in [6.07, 6.45) is 0. The lowest BCUT2D eigenvalue weighted by Crippen LogP contribution is -2.28. The Kier molecular flexibility index (Phi) is 4.95. The summed E-state index contributed by atoms with van der Waals surface area (Å²) in [7, 11) is 3.07. The van der Waals surface area contributed by atoms with Gasteiger partial charge in [0.05, 0.1) is 19.4 Å². The van der Waals surface area contributed by atoms with Crippen molar-refractivity contribution in [3.63, 3.8) is 0 Å². The molecule has 0 fully saturated rings. The molecule has 0 amide bonds. The number of carbonyl (C=O) groups is 1. The average Bonchev–Trinajstić information content (AvgIpc) is 2.53. The normalized spacial score (nSPS) is 10.5. The van der Waals surface area contributed by atoms with Crippen LogP contribution in [0.1, 0.15) is 10.4 Å². The van der Waals surface area contributed by atoms with Gasteiger partial charge in [0.1, 0.15) is 11.3 Å². The van der Waals surface area contributed by atoms with Gasteiger partial charge in [0.2, 0.25) is 0 Å². The molecule has 116 valence electrons. The Morgan fingerprint density at radius 3 is 2.55 bits per heavy atom. The lowest BCUT2D eigenvalue weighted by molar-refractivity contribution is 0.0694. The number of methoxy groups -OCH3 is 2. The molecule has 2 rings (SSSR count). The molecule has 0 aliphatic carbocycles. The number of nitrogens with zero attached hydrogens (tertiary/aromatic N) is 1. The van der Waals surface area contributed by atoms with Crippen LogP contribution in [0.4, 0.5) is 0 Å². The number of aromatic nitrogens is 1. The second-order valence-electron chi connectivity index (χ2n) is 4.59. The Bertz CT molecular complexity index is 736. The summed E-state index contributed by atoms with van der Waals surface area (Å²) in [5.41, 5.74) is 0.474. The summed E-state index contributed by atoms with van der Waals surface area (Å²) in [6, 6.07) is 10.2. The summed E-state index contributed by atoms with van der Waals surface area (Å²) < 4.78 is 11.7. The van der Waals surface area contributed by atoms with Crippen LogP contribution in [0.5, 0.6) is 5.75 Å². The fraction of sp³-hybridized carbons (Fsp3) is 0.250. The number of para-hydroxylation sites is 1. The third-order valence-electron chi connectivity index (χ3n) is 3.31. The summed E-state index contributed by atoms with van der Waals surface area (Å²) in [5, 5.41) is 9.11. The van der Waals surface area contributed by atoms with Gasteiger partial charge in [0, 0.05) is 19.2 Å². The SMILES string of the molecule is COCCn1c(-c2ccccc2OC)ccc(C(=O)O)c1=O. The molecule has 0 aliphatic rings. The molecule has 1 aromatic heterocycles. The molecule has 0 aliphatic heterocycles. The average molecular weight is 303 g/mol. The number of rotatable bonds is 6. The van der Waals surface area contributed by atoms with E-state index in [1.165, 1.54) is 17.7 Å². The maximum atomic E-state index is 12.4. The van der Waals surface area contributed by atoms with Crippen molar-refractivity contribution in [1.82, 2.24) is 4.57 Å². The lowest BCUT2D eigenvalue weighted by Gasteiger charge is -2.15. The second-order valence-corrected chi connectivity index (χ2v) is 4.59. The predicted octanol–water partition coefficient (Wildman–Crippen LogP) is 1.87. The first-order valence-electron chi connectivity index (χ1n) is 6.69. The smallest absolute Gasteiger partial charge is 0.341 e. The number of benzene rings is 1. The van der Waals surface area contributed by atoms with Crippen molar-refractivity contribution in [2.45, 2.75) is 6.54 Å². The van der Waals surface area contributed by atoms with E-state index in [2.05, 4.69) is 0 Å². The number of aromatic carboxylic acids is 1. The fourth-order valence-electron chi connectivity index (χ4n) is 2.24. The Morgan fingerprint density at radius 2 is 1.91 bits per heavy atom. The maximum Gasteiger partial charge on any atom is 0.341 e. The molecular weight excluding hydrogens is 286 g/mol. The molecule has 22 heavy (non-hydrogen) atoms. The van der Waals surface area contributed by atoms with Crippen molar-refractivity contribution in [2.24, 2.45) is 0 Å². The van der Waals surface area contributed by atoms with Crippen LogP contribution in [0.15, 0.2) is 41.2 Å². The first-order chi connectivity index (χ1) is 10.6. The molecule has 0 unspecified atom stereocenters. The third-order valence-corrected chi connectivity index (χ3v) is 3.31. The first kappa shape index (κ1) is 15.8. The molecule has 0 atom stereocenters. The fourth-order valence-corrected chi connectivity index (χ4v) is 2.24. The van der Waals surface area contributed by atoms with E-state index in [4.69, 9.17) is 14.6 Å². The van der Waals surface area contributed by atoms with Crippen LogP contribution in [0.2, 0.25) is 0 Å². The molecule has 6 nitrogen and oxygen atoms in total. The van der Waals surface area contributed by atoms with E-state index in [9.17, 15) is 9.59 Å². The number of hydrogen-bond acceptors (Lipinski definition) is 4. The minimum absolute atomic E-state index is 0.254. The summed E-state index contributed by atoms with van der Waals surface area (Å²) in [6.45, 7) is 0.551. The minimum atomic E-state index is -1.25. The first-order valence-corrected chi connectivity index (χ1v) is 6.69. The Labute approximate surface area is 127 Å². The number of carboxylic acids is 1. The number of hydrogen-bond donors (Lipinski definition) is 1. The Balaban J connectivity index is 2.67. The highest BCUT2D eigenvalue weighted by molar-refractivity contribution is 5.87. The molecule has 2 aromatic rings. The van der Waals surface area contributed by atoms with Crippen molar-refractivity contribution >= 4 is 5.97 Å². The van der Waals surface area contributed by atoms with Crippen LogP contribution in [-0.4, -0.2) is 36.5 Å². The van der Waals surface area contributed by atoms with Gasteiger partial charge in [0.15, 0.2) is 0 Å². The van der Waals surface area contributed by atoms with E-state index in [-0.39, 0.29) is 12.1 Å². The largest absolute Gasteiger partial charge is 0.496 e. The van der Waals surface area contributed by atoms with E-state index in [0.717, 1.165) is 5.56 Å². The zero-order valence-electron chi connectivity index (χ0n) is 12.4. The number of pyridine rings is 1. The molecule has 0 saturated heterocycles. The van der Waals surface area contributed by atoms with E-state index >= 15 is 0 Å². The molecule has 6 heteroatoms. The van der Waals surface area contributed by atoms with Gasteiger partial charge in [-0.15, -0.1) is 0 Å². The molecule has 1 aromatic carbocycles. The van der Waals surface area contributed by atoms with Crippen LogP contribution in [0.3, 0.4) is 0 Å². The monoisotopic (exact) mass is 303 g/mol. The quantitative estimate of drug-likeness (QED) is 0.881. The Morgan fingerprint density at radius 1 is 1.18 bits per heavy atom. The third kappa shape index (κ3) is 3.01. The highest BCUT2D eigenvalue weighted by atomic mass is 16.5. The van der Waals surface area contributed by atoms with Crippen molar-refractivity contribution in [1.29, 1.82) is 0 Å². The number of ether oxygens (including phenoxy) is 2. The van der Waals surface area contributed by atoms with Gasteiger partial charge >= 0.3 is 5.97 Å². The molecule has 1 N–H and O–H groups in total. The van der Waals surface area contributed by atoms with Crippen LogP contribution in [0, 0.1) is 0 Å². The van der Waals surface area contributed by atoms with Gasteiger partial charge in [-0.1, -0.05) is 12.1 Å². The summed E-state index contributed by atoms with van der Waals surface area (Å²) in [5.74, 6) is -0.640. The predicted molar refractivity (Wildman–Crippen MR) is 81.5 cm³/mol. The summed E-state index contributed by atoms with van der Waals surface area (Å²) in [4.78, 5) is 23.5. The number of carboxylic acid groups (broad SMARTS) is 1. The molecule has 0 spiro atoms. The molecular formula is C16H17NO5. The van der Waals surface area contributed by atoms with Crippen molar-refractivity contribution in [3.8, 4) is 17.0 Å². The maximum absolute atomic E-state index is 12.4. The molecule has 1 heterocycles. The van der Waals surface area contributed by atoms with Crippen LogP contribution in [-0.2, 0) is 11.3 Å². The van der Waals surface area contributed by atoms with E-state index in [1.807, 2.05) is 18.2 Å².